The fraction of sp³-hybridized carbons (Fsp3) is 0.286. The van der Waals surface area contributed by atoms with Gasteiger partial charge in [-0.05, 0) is 36.8 Å². The molecule has 4 rings (SSSR count). The van der Waals surface area contributed by atoms with Crippen LogP contribution in [0.25, 0.3) is 10.9 Å². The number of ether oxygens (including phenoxy) is 1. The van der Waals surface area contributed by atoms with Crippen molar-refractivity contribution >= 4 is 34.1 Å². The van der Waals surface area contributed by atoms with Gasteiger partial charge >= 0.3 is 0 Å². The molecule has 7 nitrogen and oxygen atoms in total. The largest absolute Gasteiger partial charge is 0.477 e. The van der Waals surface area contributed by atoms with Gasteiger partial charge in [-0.3, -0.25) is 9.59 Å². The zero-order valence-corrected chi connectivity index (χ0v) is 16.7. The van der Waals surface area contributed by atoms with Crippen LogP contribution >= 0.6 is 11.6 Å². The summed E-state index contributed by atoms with van der Waals surface area (Å²) >= 11 is 6.05. The van der Waals surface area contributed by atoms with Crippen molar-refractivity contribution in [1.29, 1.82) is 0 Å². The van der Waals surface area contributed by atoms with Crippen LogP contribution in [-0.2, 0) is 11.3 Å². The minimum Gasteiger partial charge on any atom is -0.477 e. The van der Waals surface area contributed by atoms with E-state index < -0.39 is 6.10 Å². The first-order valence-corrected chi connectivity index (χ1v) is 9.89. The quantitative estimate of drug-likeness (QED) is 0.672. The molecule has 0 spiro atoms. The number of H-pyrrole nitrogens is 1. The normalized spacial score (nSPS) is 15.7. The van der Waals surface area contributed by atoms with E-state index in [1.165, 1.54) is 0 Å². The molecule has 0 bridgehead atoms. The van der Waals surface area contributed by atoms with Gasteiger partial charge in [0.2, 0.25) is 0 Å². The highest BCUT2D eigenvalue weighted by Gasteiger charge is 2.30. The van der Waals surface area contributed by atoms with Crippen LogP contribution < -0.4 is 20.5 Å². The van der Waals surface area contributed by atoms with Gasteiger partial charge in [0.1, 0.15) is 11.6 Å². The lowest BCUT2D eigenvalue weighted by molar-refractivity contribution is -0.127. The number of fused-ring (bicyclic) bond motifs is 2. The summed E-state index contributed by atoms with van der Waals surface area (Å²) in [7, 11) is 0. The Morgan fingerprint density at radius 2 is 2.17 bits per heavy atom. The summed E-state index contributed by atoms with van der Waals surface area (Å²) < 4.78 is 5.90. The van der Waals surface area contributed by atoms with Crippen LogP contribution in [0.4, 0.5) is 5.69 Å². The maximum atomic E-state index is 12.5. The van der Waals surface area contributed by atoms with Gasteiger partial charge in [-0.1, -0.05) is 30.7 Å². The van der Waals surface area contributed by atoms with E-state index in [9.17, 15) is 9.59 Å². The smallest absolute Gasteiger partial charge is 0.262 e. The molecule has 2 heterocycles. The van der Waals surface area contributed by atoms with Gasteiger partial charge in [-0.15, -0.1) is 0 Å². The highest BCUT2D eigenvalue weighted by Crippen LogP contribution is 2.33. The predicted octanol–water partition coefficient (Wildman–Crippen LogP) is 2.87. The molecule has 2 aromatic carbocycles. The van der Waals surface area contributed by atoms with E-state index in [1.54, 1.807) is 18.2 Å². The van der Waals surface area contributed by atoms with Gasteiger partial charge in [0.25, 0.3) is 11.5 Å². The summed E-state index contributed by atoms with van der Waals surface area (Å²) in [5.41, 5.74) is 1.16. The summed E-state index contributed by atoms with van der Waals surface area (Å²) in [5, 5.41) is 3.88. The number of para-hydroxylation sites is 2. The number of nitrogens with zero attached hydrogens (tertiary/aromatic N) is 2. The van der Waals surface area contributed by atoms with Crippen LogP contribution in [0.15, 0.2) is 47.3 Å². The third kappa shape index (κ3) is 4.05. The van der Waals surface area contributed by atoms with E-state index in [4.69, 9.17) is 16.3 Å². The molecule has 0 saturated carbocycles. The maximum Gasteiger partial charge on any atom is 0.262 e. The highest BCUT2D eigenvalue weighted by atomic mass is 35.5. The number of carbonyl (C=O) groups is 1. The average molecular weight is 413 g/mol. The number of rotatable bonds is 5. The zero-order valence-electron chi connectivity index (χ0n) is 15.9. The monoisotopic (exact) mass is 412 g/mol. The SMILES string of the molecule is CCCNC(=O)[C@@H]1CN(Cc2nc3cc(Cl)ccc3c(=O)[nH]2)c2ccccc2O1. The molecule has 0 fully saturated rings. The second-order valence-corrected chi connectivity index (χ2v) is 7.36. The minimum atomic E-state index is -0.641. The van der Waals surface area contributed by atoms with Gasteiger partial charge in [0.15, 0.2) is 6.10 Å². The Bertz CT molecular complexity index is 1110. The lowest BCUT2D eigenvalue weighted by atomic mass is 10.1. The average Bonchev–Trinajstić information content (AvgIpc) is 2.71. The van der Waals surface area contributed by atoms with Gasteiger partial charge in [0.05, 0.1) is 29.7 Å². The van der Waals surface area contributed by atoms with Crippen molar-refractivity contribution in [2.75, 3.05) is 18.0 Å². The van der Waals surface area contributed by atoms with Crippen molar-refractivity contribution < 1.29 is 9.53 Å². The molecule has 3 aromatic rings. The second kappa shape index (κ2) is 8.13. The molecule has 1 atom stereocenters. The molecule has 0 saturated heterocycles. The van der Waals surface area contributed by atoms with E-state index >= 15 is 0 Å². The number of hydrogen-bond acceptors (Lipinski definition) is 5. The molecule has 150 valence electrons. The van der Waals surface area contributed by atoms with Crippen molar-refractivity contribution in [3.05, 3.63) is 63.7 Å². The van der Waals surface area contributed by atoms with Crippen LogP contribution in [0.3, 0.4) is 0 Å². The van der Waals surface area contributed by atoms with Gasteiger partial charge in [-0.25, -0.2) is 4.98 Å². The molecule has 1 amide bonds. The highest BCUT2D eigenvalue weighted by molar-refractivity contribution is 6.31. The molecule has 8 heteroatoms. The number of amides is 1. The summed E-state index contributed by atoms with van der Waals surface area (Å²) in [5.74, 6) is 0.967. The van der Waals surface area contributed by atoms with Crippen LogP contribution in [0.1, 0.15) is 19.2 Å². The number of aromatic nitrogens is 2. The number of aromatic amines is 1. The first-order chi connectivity index (χ1) is 14.0. The Balaban J connectivity index is 1.65. The second-order valence-electron chi connectivity index (χ2n) is 6.92. The summed E-state index contributed by atoms with van der Waals surface area (Å²) in [6.45, 7) is 3.28. The Hall–Kier alpha value is -3.06. The summed E-state index contributed by atoms with van der Waals surface area (Å²) in [4.78, 5) is 34.3. The first-order valence-electron chi connectivity index (χ1n) is 9.52. The molecular weight excluding hydrogens is 392 g/mol. The van der Waals surface area contributed by atoms with Crippen LogP contribution in [-0.4, -0.2) is 35.1 Å². The van der Waals surface area contributed by atoms with E-state index in [0.717, 1.165) is 12.1 Å². The van der Waals surface area contributed by atoms with Crippen LogP contribution in [0, 0.1) is 0 Å². The lowest BCUT2D eigenvalue weighted by Gasteiger charge is -2.35. The number of benzene rings is 2. The summed E-state index contributed by atoms with van der Waals surface area (Å²) in [6, 6.07) is 12.5. The van der Waals surface area contributed by atoms with Crippen molar-refractivity contribution in [2.24, 2.45) is 0 Å². The summed E-state index contributed by atoms with van der Waals surface area (Å²) in [6.07, 6.45) is 0.210. The van der Waals surface area contributed by atoms with Crippen molar-refractivity contribution in [2.45, 2.75) is 26.0 Å². The van der Waals surface area contributed by atoms with Crippen LogP contribution in [0.5, 0.6) is 5.75 Å². The Labute approximate surface area is 172 Å². The zero-order chi connectivity index (χ0) is 20.4. The molecule has 29 heavy (non-hydrogen) atoms. The Morgan fingerprint density at radius 3 is 3.00 bits per heavy atom. The molecule has 1 aromatic heterocycles. The van der Waals surface area contributed by atoms with E-state index in [0.29, 0.717) is 47.1 Å². The number of nitrogens with one attached hydrogen (secondary N) is 2. The molecule has 2 N–H and O–H groups in total. The molecule has 1 aliphatic rings. The minimum absolute atomic E-state index is 0.155. The molecule has 0 radical (unpaired) electrons. The Morgan fingerprint density at radius 1 is 1.34 bits per heavy atom. The molecular formula is C21H21ClN4O3. The third-order valence-corrected chi connectivity index (χ3v) is 5.00. The van der Waals surface area contributed by atoms with Gasteiger partial charge in [0, 0.05) is 11.6 Å². The standard InChI is InChI=1S/C21H21ClN4O3/c1-2-9-23-21(28)18-11-26(16-5-3-4-6-17(16)29-18)12-19-24-15-10-13(22)7-8-14(15)20(27)25-19/h3-8,10,18H,2,9,11-12H2,1H3,(H,23,28)(H,24,25,27)/t18-/m0/s1. The number of hydrogen-bond donors (Lipinski definition) is 2. The predicted molar refractivity (Wildman–Crippen MR) is 113 cm³/mol. The molecule has 0 unspecified atom stereocenters. The van der Waals surface area contributed by atoms with Crippen molar-refractivity contribution in [3.8, 4) is 5.75 Å². The third-order valence-electron chi connectivity index (χ3n) is 4.76. The topological polar surface area (TPSA) is 87.3 Å². The lowest BCUT2D eigenvalue weighted by Crippen LogP contribution is -2.49. The molecule has 1 aliphatic heterocycles. The van der Waals surface area contributed by atoms with Gasteiger partial charge in [-0.2, -0.15) is 0 Å². The fourth-order valence-corrected chi connectivity index (χ4v) is 3.54. The van der Waals surface area contributed by atoms with Crippen molar-refractivity contribution in [1.82, 2.24) is 15.3 Å². The first kappa shape index (κ1) is 19.3. The van der Waals surface area contributed by atoms with E-state index in [2.05, 4.69) is 15.3 Å². The van der Waals surface area contributed by atoms with Crippen molar-refractivity contribution in [3.63, 3.8) is 0 Å². The van der Waals surface area contributed by atoms with Crippen LogP contribution in [0.2, 0.25) is 5.02 Å². The van der Waals surface area contributed by atoms with E-state index in [-0.39, 0.29) is 11.5 Å². The van der Waals surface area contributed by atoms with Gasteiger partial charge < -0.3 is 19.9 Å². The maximum absolute atomic E-state index is 12.5. The fourth-order valence-electron chi connectivity index (χ4n) is 3.37. The van der Waals surface area contributed by atoms with E-state index in [1.807, 2.05) is 36.1 Å². The number of halogens is 1. The number of carbonyl (C=O) groups excluding carboxylic acids is 1. The Kier molecular flexibility index (Phi) is 5.40. The number of anilines is 1. The molecule has 0 aliphatic carbocycles.